The van der Waals surface area contributed by atoms with Crippen molar-refractivity contribution in [3.63, 3.8) is 0 Å². The van der Waals surface area contributed by atoms with Gasteiger partial charge in [0.25, 0.3) is 5.91 Å². The van der Waals surface area contributed by atoms with Gasteiger partial charge in [-0.1, -0.05) is 47.7 Å². The van der Waals surface area contributed by atoms with Crippen LogP contribution in [0.2, 0.25) is 0 Å². The number of nitrogens with one attached hydrogen (secondary N) is 2. The Labute approximate surface area is 247 Å². The van der Waals surface area contributed by atoms with E-state index in [9.17, 15) is 27.9 Å². The van der Waals surface area contributed by atoms with Crippen molar-refractivity contribution in [2.24, 2.45) is 0 Å². The highest BCUT2D eigenvalue weighted by molar-refractivity contribution is 7.89. The first-order valence-electron chi connectivity index (χ1n) is 12.9. The normalized spacial score (nSPS) is 12.6. The first-order chi connectivity index (χ1) is 20.6. The number of aromatic nitrogens is 3. The van der Waals surface area contributed by atoms with Crippen LogP contribution in [0.3, 0.4) is 0 Å². The maximum Gasteiger partial charge on any atom is 0.328 e. The number of nitrogens with zero attached hydrogens (tertiary/aromatic N) is 3. The summed E-state index contributed by atoms with van der Waals surface area (Å²) >= 11 is 0. The fraction of sp³-hybridized carbons (Fsp3) is 0.207. The predicted octanol–water partition coefficient (Wildman–Crippen LogP) is 1.68. The second kappa shape index (κ2) is 13.7. The topological polar surface area (TPSA) is 179 Å². The SMILES string of the molecule is COC(=O)[C@H](Cc1ccc(O)cc1)NC(=O)c1cccc(-c2cnnn2C[C@H](NS(=O)(=O)c2ccccc2)C(=O)OC)c1. The van der Waals surface area contributed by atoms with Gasteiger partial charge in [-0.15, -0.1) is 5.10 Å². The molecule has 0 saturated carbocycles. The molecule has 0 saturated heterocycles. The molecule has 0 aliphatic heterocycles. The summed E-state index contributed by atoms with van der Waals surface area (Å²) in [6.45, 7) is -0.262. The lowest BCUT2D eigenvalue weighted by molar-refractivity contribution is -0.143. The summed E-state index contributed by atoms with van der Waals surface area (Å²) in [4.78, 5) is 38.1. The largest absolute Gasteiger partial charge is 0.508 e. The summed E-state index contributed by atoms with van der Waals surface area (Å²) < 4.78 is 39.2. The summed E-state index contributed by atoms with van der Waals surface area (Å²) in [7, 11) is -1.72. The number of methoxy groups -OCH3 is 2. The molecule has 14 heteroatoms. The maximum atomic E-state index is 13.2. The first kappa shape index (κ1) is 30.9. The van der Waals surface area contributed by atoms with Crippen LogP contribution in [0.5, 0.6) is 5.75 Å². The summed E-state index contributed by atoms with van der Waals surface area (Å²) in [5.74, 6) is -1.97. The van der Waals surface area contributed by atoms with E-state index in [2.05, 4.69) is 20.4 Å². The third kappa shape index (κ3) is 7.81. The van der Waals surface area contributed by atoms with E-state index in [-0.39, 0.29) is 29.2 Å². The number of amides is 1. The van der Waals surface area contributed by atoms with Gasteiger partial charge in [0.2, 0.25) is 10.0 Å². The average Bonchev–Trinajstić information content (AvgIpc) is 3.49. The highest BCUT2D eigenvalue weighted by Gasteiger charge is 2.28. The highest BCUT2D eigenvalue weighted by atomic mass is 32.2. The number of sulfonamides is 1. The number of esters is 2. The highest BCUT2D eigenvalue weighted by Crippen LogP contribution is 2.21. The Bertz CT molecular complexity index is 1690. The second-order valence-electron chi connectivity index (χ2n) is 9.31. The van der Waals surface area contributed by atoms with Crippen LogP contribution in [-0.4, -0.2) is 72.7 Å². The Hall–Kier alpha value is -5.08. The lowest BCUT2D eigenvalue weighted by Gasteiger charge is -2.18. The Morgan fingerprint density at radius 3 is 2.26 bits per heavy atom. The van der Waals surface area contributed by atoms with E-state index >= 15 is 0 Å². The fourth-order valence-electron chi connectivity index (χ4n) is 4.21. The zero-order chi connectivity index (χ0) is 31.0. The van der Waals surface area contributed by atoms with Crippen molar-refractivity contribution in [1.29, 1.82) is 0 Å². The van der Waals surface area contributed by atoms with E-state index in [0.29, 0.717) is 16.8 Å². The summed E-state index contributed by atoms with van der Waals surface area (Å²) in [6.07, 6.45) is 1.53. The lowest BCUT2D eigenvalue weighted by atomic mass is 10.0. The zero-order valence-electron chi connectivity index (χ0n) is 23.2. The van der Waals surface area contributed by atoms with Crippen molar-refractivity contribution in [3.05, 3.63) is 96.2 Å². The zero-order valence-corrected chi connectivity index (χ0v) is 24.0. The van der Waals surface area contributed by atoms with Crippen LogP contribution >= 0.6 is 0 Å². The number of carbonyl (C=O) groups is 3. The Morgan fingerprint density at radius 2 is 1.58 bits per heavy atom. The van der Waals surface area contributed by atoms with Crippen LogP contribution in [0.15, 0.2) is 90.0 Å². The Kier molecular flexibility index (Phi) is 9.85. The molecular weight excluding hydrogens is 578 g/mol. The van der Waals surface area contributed by atoms with E-state index in [0.717, 1.165) is 7.11 Å². The average molecular weight is 608 g/mol. The molecule has 0 fully saturated rings. The van der Waals surface area contributed by atoms with Crippen molar-refractivity contribution in [2.75, 3.05) is 14.2 Å². The number of ether oxygens (including phenoxy) is 2. The maximum absolute atomic E-state index is 13.2. The monoisotopic (exact) mass is 607 g/mol. The molecule has 1 aromatic heterocycles. The molecule has 0 aliphatic rings. The first-order valence-corrected chi connectivity index (χ1v) is 14.4. The molecular formula is C29H29N5O8S. The number of phenols is 1. The number of rotatable bonds is 12. The number of carbonyl (C=O) groups excluding carboxylic acids is 3. The summed E-state index contributed by atoms with van der Waals surface area (Å²) in [6, 6.07) is 17.8. The van der Waals surface area contributed by atoms with E-state index < -0.39 is 40.0 Å². The van der Waals surface area contributed by atoms with Gasteiger partial charge in [-0.05, 0) is 42.0 Å². The molecule has 3 N–H and O–H groups in total. The van der Waals surface area contributed by atoms with Gasteiger partial charge in [0, 0.05) is 17.5 Å². The summed E-state index contributed by atoms with van der Waals surface area (Å²) in [5, 5.41) is 20.1. The fourth-order valence-corrected chi connectivity index (χ4v) is 5.41. The molecule has 0 unspecified atom stereocenters. The molecule has 4 aromatic rings. The third-order valence-electron chi connectivity index (χ3n) is 6.40. The van der Waals surface area contributed by atoms with Crippen molar-refractivity contribution in [3.8, 4) is 17.0 Å². The van der Waals surface area contributed by atoms with Crippen molar-refractivity contribution in [2.45, 2.75) is 29.9 Å². The molecule has 3 aromatic carbocycles. The van der Waals surface area contributed by atoms with Crippen molar-refractivity contribution >= 4 is 27.9 Å². The smallest absolute Gasteiger partial charge is 0.328 e. The summed E-state index contributed by atoms with van der Waals surface area (Å²) in [5.41, 5.74) is 1.77. The Morgan fingerprint density at radius 1 is 0.907 bits per heavy atom. The minimum absolute atomic E-state index is 0.0305. The Balaban J connectivity index is 1.54. The number of phenolic OH excluding ortho intramolecular Hbond substituents is 1. The van der Waals surface area contributed by atoms with Gasteiger partial charge < -0.3 is 19.9 Å². The molecule has 0 spiro atoms. The molecule has 1 amide bonds. The number of hydrogen-bond acceptors (Lipinski definition) is 10. The molecule has 1 heterocycles. The molecule has 43 heavy (non-hydrogen) atoms. The minimum atomic E-state index is -4.07. The van der Waals surface area contributed by atoms with E-state index in [4.69, 9.17) is 9.47 Å². The standard InChI is InChI=1S/C29H29N5O8S/c1-41-28(37)24(15-19-11-13-22(35)14-12-19)31-27(36)21-8-6-7-20(16-21)26-17-30-33-34(26)18-25(29(38)42-2)32-43(39,40)23-9-4-3-5-10-23/h3-14,16-17,24-25,32,35H,15,18H2,1-2H3,(H,31,36)/t24-,25-/m0/s1. The molecule has 0 aliphatic carbocycles. The van der Waals surface area contributed by atoms with Crippen LogP contribution < -0.4 is 10.0 Å². The van der Waals surface area contributed by atoms with Crippen LogP contribution in [-0.2, 0) is 42.1 Å². The van der Waals surface area contributed by atoms with Crippen LogP contribution in [0.1, 0.15) is 15.9 Å². The van der Waals surface area contributed by atoms with Gasteiger partial charge in [-0.2, -0.15) is 4.72 Å². The van der Waals surface area contributed by atoms with Crippen LogP contribution in [0.25, 0.3) is 11.3 Å². The number of aromatic hydroxyl groups is 1. The quantitative estimate of drug-likeness (QED) is 0.201. The van der Waals surface area contributed by atoms with Gasteiger partial charge in [0.05, 0.1) is 37.6 Å². The van der Waals surface area contributed by atoms with Crippen molar-refractivity contribution < 1.29 is 37.4 Å². The minimum Gasteiger partial charge on any atom is -0.508 e. The molecule has 13 nitrogen and oxygen atoms in total. The molecule has 224 valence electrons. The molecule has 2 atom stereocenters. The van der Waals surface area contributed by atoms with E-state index in [1.165, 1.54) is 42.3 Å². The van der Waals surface area contributed by atoms with Crippen LogP contribution in [0.4, 0.5) is 0 Å². The second-order valence-corrected chi connectivity index (χ2v) is 11.0. The molecule has 0 radical (unpaired) electrons. The van der Waals surface area contributed by atoms with Crippen LogP contribution in [0, 0.1) is 0 Å². The van der Waals surface area contributed by atoms with Gasteiger partial charge in [-0.3, -0.25) is 9.59 Å². The van der Waals surface area contributed by atoms with E-state index in [1.807, 2.05) is 0 Å². The van der Waals surface area contributed by atoms with Gasteiger partial charge >= 0.3 is 11.9 Å². The van der Waals surface area contributed by atoms with E-state index in [1.54, 1.807) is 54.6 Å². The molecule has 0 bridgehead atoms. The lowest BCUT2D eigenvalue weighted by Crippen LogP contribution is -2.44. The number of benzene rings is 3. The van der Waals surface area contributed by atoms with Gasteiger partial charge in [0.1, 0.15) is 17.8 Å². The number of hydrogen-bond donors (Lipinski definition) is 3. The molecule has 4 rings (SSSR count). The third-order valence-corrected chi connectivity index (χ3v) is 7.89. The predicted molar refractivity (Wildman–Crippen MR) is 153 cm³/mol. The van der Waals surface area contributed by atoms with Gasteiger partial charge in [-0.25, -0.2) is 17.9 Å². The van der Waals surface area contributed by atoms with Crippen molar-refractivity contribution in [1.82, 2.24) is 25.0 Å². The van der Waals surface area contributed by atoms with Gasteiger partial charge in [0.15, 0.2) is 0 Å².